The minimum absolute atomic E-state index is 0.114. The van der Waals surface area contributed by atoms with E-state index in [1.54, 1.807) is 12.4 Å². The maximum Gasteiger partial charge on any atom is 0.250 e. The van der Waals surface area contributed by atoms with Crippen LogP contribution in [-0.2, 0) is 6.42 Å². The summed E-state index contributed by atoms with van der Waals surface area (Å²) >= 11 is 0. The van der Waals surface area contributed by atoms with Crippen molar-refractivity contribution in [3.8, 4) is 0 Å². The molecule has 0 aliphatic carbocycles. The molecule has 1 atom stereocenters. The second-order valence-electron chi connectivity index (χ2n) is 5.45. The first kappa shape index (κ1) is 15.1. The molecule has 0 amide bonds. The number of hydrogen-bond donors (Lipinski definition) is 1. The molecule has 1 fully saturated rings. The Balaban J connectivity index is 1.89. The zero-order chi connectivity index (χ0) is 14.8. The molecule has 0 aromatic carbocycles. The lowest BCUT2D eigenvalue weighted by atomic mass is 10.1. The van der Waals surface area contributed by atoms with Crippen molar-refractivity contribution in [3.05, 3.63) is 18.0 Å². The highest BCUT2D eigenvalue weighted by Gasteiger charge is 2.35. The summed E-state index contributed by atoms with van der Waals surface area (Å²) in [6, 6.07) is 0. The van der Waals surface area contributed by atoms with Crippen LogP contribution in [0.1, 0.15) is 18.4 Å². The summed E-state index contributed by atoms with van der Waals surface area (Å²) in [6.45, 7) is 0.676. The Hall–Kier alpha value is -1.34. The molecule has 2 heterocycles. The number of nitrogens with two attached hydrogens (primary N) is 1. The van der Waals surface area contributed by atoms with Crippen LogP contribution in [0.2, 0.25) is 0 Å². The second kappa shape index (κ2) is 5.97. The molecule has 0 radical (unpaired) electrons. The number of nitrogens with zero attached hydrogens (tertiary/aromatic N) is 4. The molecule has 1 aromatic heterocycles. The van der Waals surface area contributed by atoms with Gasteiger partial charge in [0.25, 0.3) is 5.92 Å². The average Bonchev–Trinajstić information content (AvgIpc) is 2.39. The topological polar surface area (TPSA) is 58.3 Å². The standard InChI is InChI=1S/C13H21F2N5/c1-19(2)12-17-8-10(9-18-12)7-11(16)20-5-3-13(14,15)4-6-20/h8-9,11H,3-7,16H2,1-2H3. The van der Waals surface area contributed by atoms with Crippen molar-refractivity contribution in [1.29, 1.82) is 0 Å². The van der Waals surface area contributed by atoms with Gasteiger partial charge in [-0.3, -0.25) is 4.90 Å². The van der Waals surface area contributed by atoms with E-state index >= 15 is 0 Å². The van der Waals surface area contributed by atoms with Crippen molar-refractivity contribution in [1.82, 2.24) is 14.9 Å². The van der Waals surface area contributed by atoms with Crippen molar-refractivity contribution in [2.75, 3.05) is 32.1 Å². The van der Waals surface area contributed by atoms with Gasteiger partial charge in [-0.1, -0.05) is 0 Å². The molecular weight excluding hydrogens is 264 g/mol. The van der Waals surface area contributed by atoms with Gasteiger partial charge in [0.2, 0.25) is 5.95 Å². The SMILES string of the molecule is CN(C)c1ncc(CC(N)N2CCC(F)(F)CC2)cn1. The Bertz CT molecular complexity index is 425. The summed E-state index contributed by atoms with van der Waals surface area (Å²) < 4.78 is 26.2. The second-order valence-corrected chi connectivity index (χ2v) is 5.45. The Morgan fingerprint density at radius 2 is 1.85 bits per heavy atom. The number of alkyl halides is 2. The number of piperidine rings is 1. The van der Waals surface area contributed by atoms with Crippen LogP contribution in [0.15, 0.2) is 12.4 Å². The fraction of sp³-hybridized carbons (Fsp3) is 0.692. The van der Waals surface area contributed by atoms with Gasteiger partial charge in [-0.15, -0.1) is 0 Å². The highest BCUT2D eigenvalue weighted by molar-refractivity contribution is 5.26. The molecule has 112 valence electrons. The molecule has 1 saturated heterocycles. The first-order chi connectivity index (χ1) is 9.37. The van der Waals surface area contributed by atoms with Crippen molar-refractivity contribution >= 4 is 5.95 Å². The van der Waals surface area contributed by atoms with Crippen molar-refractivity contribution in [2.45, 2.75) is 31.4 Å². The normalized spacial score (nSPS) is 20.6. The highest BCUT2D eigenvalue weighted by atomic mass is 19.3. The minimum Gasteiger partial charge on any atom is -0.347 e. The van der Waals surface area contributed by atoms with Gasteiger partial charge in [0.05, 0.1) is 6.17 Å². The first-order valence-corrected chi connectivity index (χ1v) is 6.73. The molecule has 2 rings (SSSR count). The van der Waals surface area contributed by atoms with E-state index in [0.717, 1.165) is 5.56 Å². The summed E-state index contributed by atoms with van der Waals surface area (Å²) in [6.07, 6.45) is 3.55. The summed E-state index contributed by atoms with van der Waals surface area (Å²) in [4.78, 5) is 12.2. The Labute approximate surface area is 117 Å². The fourth-order valence-corrected chi connectivity index (χ4v) is 2.24. The van der Waals surface area contributed by atoms with Gasteiger partial charge in [0, 0.05) is 58.8 Å². The van der Waals surface area contributed by atoms with E-state index in [2.05, 4.69) is 9.97 Å². The van der Waals surface area contributed by atoms with Crippen molar-refractivity contribution in [2.24, 2.45) is 5.73 Å². The summed E-state index contributed by atoms with van der Waals surface area (Å²) in [7, 11) is 3.74. The monoisotopic (exact) mass is 285 g/mol. The lowest BCUT2D eigenvalue weighted by molar-refractivity contribution is -0.0625. The molecule has 7 heteroatoms. The van der Waals surface area contributed by atoms with E-state index in [1.807, 2.05) is 23.9 Å². The third kappa shape index (κ3) is 3.83. The number of hydrogen-bond acceptors (Lipinski definition) is 5. The Morgan fingerprint density at radius 1 is 1.30 bits per heavy atom. The van der Waals surface area contributed by atoms with Crippen LogP contribution in [0.4, 0.5) is 14.7 Å². The molecular formula is C13H21F2N5. The number of likely N-dealkylation sites (tertiary alicyclic amines) is 1. The smallest absolute Gasteiger partial charge is 0.250 e. The van der Waals surface area contributed by atoms with E-state index in [0.29, 0.717) is 25.5 Å². The van der Waals surface area contributed by atoms with Crippen LogP contribution in [0.25, 0.3) is 0 Å². The predicted molar refractivity (Wildman–Crippen MR) is 73.8 cm³/mol. The summed E-state index contributed by atoms with van der Waals surface area (Å²) in [5, 5.41) is 0. The lowest BCUT2D eigenvalue weighted by Crippen LogP contribution is -2.49. The largest absolute Gasteiger partial charge is 0.347 e. The van der Waals surface area contributed by atoms with Gasteiger partial charge in [0.15, 0.2) is 0 Å². The van der Waals surface area contributed by atoms with Crippen LogP contribution in [0, 0.1) is 0 Å². The third-order valence-electron chi connectivity index (χ3n) is 3.54. The number of anilines is 1. The molecule has 1 aromatic rings. The molecule has 1 unspecified atom stereocenters. The molecule has 20 heavy (non-hydrogen) atoms. The predicted octanol–water partition coefficient (Wildman–Crippen LogP) is 1.10. The van der Waals surface area contributed by atoms with E-state index in [-0.39, 0.29) is 19.0 Å². The quantitative estimate of drug-likeness (QED) is 0.898. The zero-order valence-electron chi connectivity index (χ0n) is 11.9. The van der Waals surface area contributed by atoms with Crippen LogP contribution < -0.4 is 10.6 Å². The van der Waals surface area contributed by atoms with Gasteiger partial charge in [-0.05, 0) is 5.56 Å². The van der Waals surface area contributed by atoms with E-state index < -0.39 is 5.92 Å². The third-order valence-corrected chi connectivity index (χ3v) is 3.54. The molecule has 2 N–H and O–H groups in total. The number of halogens is 2. The van der Waals surface area contributed by atoms with Gasteiger partial charge in [0.1, 0.15) is 0 Å². The first-order valence-electron chi connectivity index (χ1n) is 6.73. The minimum atomic E-state index is -2.54. The molecule has 0 bridgehead atoms. The van der Waals surface area contributed by atoms with Crippen molar-refractivity contribution < 1.29 is 8.78 Å². The molecule has 1 aliphatic rings. The summed E-state index contributed by atoms with van der Waals surface area (Å²) in [5.41, 5.74) is 7.00. The lowest BCUT2D eigenvalue weighted by Gasteiger charge is -2.35. The van der Waals surface area contributed by atoms with Crippen LogP contribution in [0.5, 0.6) is 0 Å². The number of rotatable bonds is 4. The van der Waals surface area contributed by atoms with Gasteiger partial charge in [-0.25, -0.2) is 18.7 Å². The van der Waals surface area contributed by atoms with E-state index in [9.17, 15) is 8.78 Å². The Kier molecular flexibility index (Phi) is 4.49. The van der Waals surface area contributed by atoms with E-state index in [1.165, 1.54) is 0 Å². The molecule has 5 nitrogen and oxygen atoms in total. The Morgan fingerprint density at radius 3 is 2.35 bits per heavy atom. The number of aromatic nitrogens is 2. The summed E-state index contributed by atoms with van der Waals surface area (Å²) in [5.74, 6) is -1.90. The van der Waals surface area contributed by atoms with Crippen molar-refractivity contribution in [3.63, 3.8) is 0 Å². The molecule has 0 saturated carbocycles. The van der Waals surface area contributed by atoms with Crippen LogP contribution >= 0.6 is 0 Å². The van der Waals surface area contributed by atoms with Gasteiger partial charge >= 0.3 is 0 Å². The van der Waals surface area contributed by atoms with Crippen LogP contribution in [-0.4, -0.2) is 54.1 Å². The molecule has 1 aliphatic heterocycles. The fourth-order valence-electron chi connectivity index (χ4n) is 2.24. The highest BCUT2D eigenvalue weighted by Crippen LogP contribution is 2.28. The maximum absolute atomic E-state index is 13.1. The van der Waals surface area contributed by atoms with Crippen LogP contribution in [0.3, 0.4) is 0 Å². The average molecular weight is 285 g/mol. The van der Waals surface area contributed by atoms with Gasteiger partial charge < -0.3 is 10.6 Å². The zero-order valence-corrected chi connectivity index (χ0v) is 11.9. The maximum atomic E-state index is 13.1. The molecule has 0 spiro atoms. The van der Waals surface area contributed by atoms with Gasteiger partial charge in [-0.2, -0.15) is 0 Å². The van der Waals surface area contributed by atoms with E-state index in [4.69, 9.17) is 5.73 Å².